The van der Waals surface area contributed by atoms with Gasteiger partial charge in [-0.25, -0.2) is 0 Å². The molecule has 0 aromatic heterocycles. The molecule has 20 heavy (non-hydrogen) atoms. The Morgan fingerprint density at radius 1 is 1.20 bits per heavy atom. The van der Waals surface area contributed by atoms with Crippen LogP contribution in [0.3, 0.4) is 0 Å². The molecular formula is C16H25N3O. The Morgan fingerprint density at radius 3 is 2.60 bits per heavy atom. The van der Waals surface area contributed by atoms with Gasteiger partial charge in [0.2, 0.25) is 5.91 Å². The first kappa shape index (κ1) is 14.9. The summed E-state index contributed by atoms with van der Waals surface area (Å²) in [6.07, 6.45) is 2.49. The van der Waals surface area contributed by atoms with E-state index in [4.69, 9.17) is 5.73 Å². The number of benzene rings is 1. The first-order chi connectivity index (χ1) is 9.70. The van der Waals surface area contributed by atoms with Gasteiger partial charge in [0.1, 0.15) is 0 Å². The lowest BCUT2D eigenvalue weighted by Gasteiger charge is -2.36. The van der Waals surface area contributed by atoms with Gasteiger partial charge in [-0.1, -0.05) is 12.1 Å². The first-order valence-electron chi connectivity index (χ1n) is 7.50. The van der Waals surface area contributed by atoms with Gasteiger partial charge < -0.3 is 15.5 Å². The Hall–Kier alpha value is -1.55. The van der Waals surface area contributed by atoms with Crippen LogP contribution in [0.2, 0.25) is 0 Å². The molecule has 0 bridgehead atoms. The van der Waals surface area contributed by atoms with Gasteiger partial charge >= 0.3 is 0 Å². The van der Waals surface area contributed by atoms with Crippen molar-refractivity contribution in [3.8, 4) is 0 Å². The van der Waals surface area contributed by atoms with E-state index in [-0.39, 0.29) is 5.91 Å². The van der Waals surface area contributed by atoms with E-state index in [2.05, 4.69) is 36.1 Å². The second kappa shape index (κ2) is 7.29. The first-order valence-corrected chi connectivity index (χ1v) is 7.50. The van der Waals surface area contributed by atoms with Crippen molar-refractivity contribution in [1.29, 1.82) is 0 Å². The number of anilines is 1. The quantitative estimate of drug-likeness (QED) is 0.833. The highest BCUT2D eigenvalue weighted by Gasteiger charge is 2.20. The van der Waals surface area contributed by atoms with Crippen LogP contribution in [0.5, 0.6) is 0 Å². The molecule has 0 unspecified atom stereocenters. The Labute approximate surface area is 121 Å². The summed E-state index contributed by atoms with van der Waals surface area (Å²) in [7, 11) is 0. The molecule has 1 fully saturated rings. The normalized spacial score (nSPS) is 15.5. The van der Waals surface area contributed by atoms with Gasteiger partial charge in [-0.2, -0.15) is 0 Å². The van der Waals surface area contributed by atoms with Crippen LogP contribution in [-0.2, 0) is 4.79 Å². The molecular weight excluding hydrogens is 250 g/mol. The lowest BCUT2D eigenvalue weighted by molar-refractivity contribution is -0.131. The molecule has 4 heteroatoms. The number of piperazine rings is 1. The molecule has 1 heterocycles. The van der Waals surface area contributed by atoms with E-state index in [0.717, 1.165) is 39.0 Å². The predicted molar refractivity (Wildman–Crippen MR) is 82.9 cm³/mol. The number of carbonyl (C=O) groups excluding carboxylic acids is 1. The van der Waals surface area contributed by atoms with E-state index < -0.39 is 0 Å². The number of rotatable bonds is 5. The number of nitrogens with two attached hydrogens (primary N) is 1. The number of amides is 1. The minimum Gasteiger partial charge on any atom is -0.368 e. The Bertz CT molecular complexity index is 439. The monoisotopic (exact) mass is 275 g/mol. The summed E-state index contributed by atoms with van der Waals surface area (Å²) in [6.45, 7) is 6.29. The molecule has 110 valence electrons. The van der Waals surface area contributed by atoms with Gasteiger partial charge in [0, 0.05) is 38.3 Å². The fraction of sp³-hybridized carbons (Fsp3) is 0.562. The van der Waals surface area contributed by atoms with Gasteiger partial charge in [0.15, 0.2) is 0 Å². The van der Waals surface area contributed by atoms with Crippen LogP contribution in [-0.4, -0.2) is 43.5 Å². The highest BCUT2D eigenvalue weighted by molar-refractivity contribution is 5.76. The molecule has 4 nitrogen and oxygen atoms in total. The average Bonchev–Trinajstić information content (AvgIpc) is 2.47. The molecule has 1 aromatic carbocycles. The van der Waals surface area contributed by atoms with Crippen molar-refractivity contribution in [2.75, 3.05) is 37.6 Å². The van der Waals surface area contributed by atoms with Crippen molar-refractivity contribution in [2.24, 2.45) is 5.73 Å². The van der Waals surface area contributed by atoms with Gasteiger partial charge in [-0.15, -0.1) is 0 Å². The molecule has 1 saturated heterocycles. The molecule has 1 aliphatic rings. The van der Waals surface area contributed by atoms with Crippen molar-refractivity contribution < 1.29 is 4.79 Å². The van der Waals surface area contributed by atoms with Crippen molar-refractivity contribution in [3.05, 3.63) is 29.8 Å². The smallest absolute Gasteiger partial charge is 0.222 e. The molecule has 1 aromatic rings. The van der Waals surface area contributed by atoms with Crippen LogP contribution < -0.4 is 10.6 Å². The minimum absolute atomic E-state index is 0.280. The summed E-state index contributed by atoms with van der Waals surface area (Å²) >= 11 is 0. The van der Waals surface area contributed by atoms with Gasteiger partial charge in [0.05, 0.1) is 0 Å². The molecule has 0 radical (unpaired) electrons. The number of hydrogen-bond donors (Lipinski definition) is 1. The molecule has 1 amide bonds. The van der Waals surface area contributed by atoms with E-state index >= 15 is 0 Å². The van der Waals surface area contributed by atoms with E-state index in [1.165, 1.54) is 11.3 Å². The Morgan fingerprint density at radius 2 is 1.95 bits per heavy atom. The fourth-order valence-corrected chi connectivity index (χ4v) is 2.62. The second-order valence-corrected chi connectivity index (χ2v) is 5.45. The summed E-state index contributed by atoms with van der Waals surface area (Å²) in [5, 5.41) is 0. The minimum atomic E-state index is 0.280. The summed E-state index contributed by atoms with van der Waals surface area (Å²) < 4.78 is 0. The second-order valence-electron chi connectivity index (χ2n) is 5.45. The van der Waals surface area contributed by atoms with Crippen LogP contribution in [0.1, 0.15) is 24.8 Å². The zero-order valence-electron chi connectivity index (χ0n) is 12.3. The van der Waals surface area contributed by atoms with Crippen LogP contribution >= 0.6 is 0 Å². The van der Waals surface area contributed by atoms with E-state index in [9.17, 15) is 4.79 Å². The number of nitrogens with zero attached hydrogens (tertiary/aromatic N) is 2. The molecule has 0 aliphatic carbocycles. The molecule has 2 N–H and O–H groups in total. The molecule has 2 rings (SSSR count). The van der Waals surface area contributed by atoms with Crippen LogP contribution in [0, 0.1) is 6.92 Å². The van der Waals surface area contributed by atoms with Crippen LogP contribution in [0.25, 0.3) is 0 Å². The number of unbranched alkanes of at least 4 members (excludes halogenated alkanes) is 1. The van der Waals surface area contributed by atoms with Crippen LogP contribution in [0.4, 0.5) is 5.69 Å². The maximum atomic E-state index is 12.0. The lowest BCUT2D eigenvalue weighted by Crippen LogP contribution is -2.48. The zero-order chi connectivity index (χ0) is 14.4. The summed E-state index contributed by atoms with van der Waals surface area (Å²) in [5.41, 5.74) is 8.00. The zero-order valence-corrected chi connectivity index (χ0v) is 12.3. The van der Waals surface area contributed by atoms with Crippen LogP contribution in [0.15, 0.2) is 24.3 Å². The molecule has 0 saturated carbocycles. The van der Waals surface area contributed by atoms with Crippen molar-refractivity contribution >= 4 is 11.6 Å². The number of carbonyl (C=O) groups is 1. The summed E-state index contributed by atoms with van der Waals surface area (Å²) in [6, 6.07) is 8.56. The maximum absolute atomic E-state index is 12.0. The van der Waals surface area contributed by atoms with Crippen molar-refractivity contribution in [3.63, 3.8) is 0 Å². The highest BCUT2D eigenvalue weighted by Crippen LogP contribution is 2.18. The summed E-state index contributed by atoms with van der Waals surface area (Å²) in [5.74, 6) is 0.280. The highest BCUT2D eigenvalue weighted by atomic mass is 16.2. The van der Waals surface area contributed by atoms with E-state index in [1.807, 2.05) is 4.90 Å². The van der Waals surface area contributed by atoms with Gasteiger partial charge in [-0.3, -0.25) is 4.79 Å². The predicted octanol–water partition coefficient (Wildman–Crippen LogP) is 1.77. The Kier molecular flexibility index (Phi) is 5.41. The number of aryl methyl sites for hydroxylation is 1. The third kappa shape index (κ3) is 3.97. The molecule has 0 atom stereocenters. The molecule has 1 aliphatic heterocycles. The van der Waals surface area contributed by atoms with Gasteiger partial charge in [0.25, 0.3) is 0 Å². The van der Waals surface area contributed by atoms with Crippen molar-refractivity contribution in [1.82, 2.24) is 4.90 Å². The van der Waals surface area contributed by atoms with E-state index in [1.54, 1.807) is 0 Å². The summed E-state index contributed by atoms with van der Waals surface area (Å²) in [4.78, 5) is 16.4. The fourth-order valence-electron chi connectivity index (χ4n) is 2.62. The topological polar surface area (TPSA) is 49.6 Å². The van der Waals surface area contributed by atoms with Gasteiger partial charge in [-0.05, 0) is 44.0 Å². The number of hydrogen-bond acceptors (Lipinski definition) is 3. The maximum Gasteiger partial charge on any atom is 0.222 e. The third-order valence-corrected chi connectivity index (χ3v) is 3.84. The third-order valence-electron chi connectivity index (χ3n) is 3.84. The molecule has 0 spiro atoms. The SMILES string of the molecule is Cc1cccc(N2CCN(C(=O)CCCCN)CC2)c1. The van der Waals surface area contributed by atoms with Crippen molar-refractivity contribution in [2.45, 2.75) is 26.2 Å². The largest absolute Gasteiger partial charge is 0.368 e. The average molecular weight is 275 g/mol. The van der Waals surface area contributed by atoms with E-state index in [0.29, 0.717) is 13.0 Å². The lowest BCUT2D eigenvalue weighted by atomic mass is 10.1. The standard InChI is InChI=1S/C16H25N3O/c1-14-5-4-6-15(13-14)18-9-11-19(12-10-18)16(20)7-2-3-8-17/h4-6,13H,2-3,7-12,17H2,1H3. The Balaban J connectivity index is 1.81.